The Morgan fingerprint density at radius 1 is 1.39 bits per heavy atom. The molecule has 7 nitrogen and oxygen atoms in total. The van der Waals surface area contributed by atoms with E-state index in [1.165, 1.54) is 6.92 Å². The molecule has 0 aliphatic carbocycles. The van der Waals surface area contributed by atoms with E-state index in [9.17, 15) is 14.7 Å². The first-order chi connectivity index (χ1) is 8.19. The van der Waals surface area contributed by atoms with Crippen molar-refractivity contribution < 1.29 is 24.5 Å². The van der Waals surface area contributed by atoms with Crippen LogP contribution in [0.5, 0.6) is 0 Å². The van der Waals surface area contributed by atoms with E-state index < -0.39 is 29.7 Å². The predicted molar refractivity (Wildman–Crippen MR) is 65.3 cm³/mol. The lowest BCUT2D eigenvalue weighted by molar-refractivity contribution is -0.141. The van der Waals surface area contributed by atoms with Crippen LogP contribution in [0.25, 0.3) is 0 Å². The van der Waals surface area contributed by atoms with Gasteiger partial charge in [0, 0.05) is 13.2 Å². The minimum Gasteiger partial charge on any atom is -0.480 e. The Bertz CT molecular complexity index is 291. The fourth-order valence-electron chi connectivity index (χ4n) is 1.32. The number of aliphatic carboxylic acids is 1. The SMILES string of the molecule is CCOC(C)(C)CNC(=O)N[C@H](C(=O)O)[C@@H](C)O. The molecule has 7 heteroatoms. The molecule has 106 valence electrons. The predicted octanol–water partition coefficient (Wildman–Crippen LogP) is -0.0653. The number of nitrogens with one attached hydrogen (secondary N) is 2. The fraction of sp³-hybridized carbons (Fsp3) is 0.818. The van der Waals surface area contributed by atoms with E-state index >= 15 is 0 Å². The number of carboxylic acid groups (broad SMARTS) is 1. The highest BCUT2D eigenvalue weighted by atomic mass is 16.5. The van der Waals surface area contributed by atoms with Gasteiger partial charge in [0.05, 0.1) is 11.7 Å². The van der Waals surface area contributed by atoms with Crippen molar-refractivity contribution in [2.75, 3.05) is 13.2 Å². The lowest BCUT2D eigenvalue weighted by Gasteiger charge is -2.25. The van der Waals surface area contributed by atoms with Crippen molar-refractivity contribution in [2.24, 2.45) is 0 Å². The summed E-state index contributed by atoms with van der Waals surface area (Å²) in [6.45, 7) is 7.50. The first-order valence-corrected chi connectivity index (χ1v) is 5.79. The Balaban J connectivity index is 4.22. The van der Waals surface area contributed by atoms with Gasteiger partial charge in [-0.15, -0.1) is 0 Å². The van der Waals surface area contributed by atoms with Gasteiger partial charge in [-0.25, -0.2) is 9.59 Å². The third-order valence-corrected chi connectivity index (χ3v) is 2.24. The Morgan fingerprint density at radius 3 is 2.33 bits per heavy atom. The molecule has 0 saturated carbocycles. The van der Waals surface area contributed by atoms with Crippen LogP contribution in [0.3, 0.4) is 0 Å². The second kappa shape index (κ2) is 7.17. The number of aliphatic hydroxyl groups is 1. The molecule has 0 aliphatic heterocycles. The smallest absolute Gasteiger partial charge is 0.328 e. The van der Waals surface area contributed by atoms with Crippen LogP contribution in [-0.2, 0) is 9.53 Å². The Morgan fingerprint density at radius 2 is 1.94 bits per heavy atom. The number of rotatable bonds is 7. The minimum atomic E-state index is -1.33. The molecule has 0 radical (unpaired) electrons. The first kappa shape index (κ1) is 16.7. The molecule has 0 rings (SSSR count). The number of amides is 2. The van der Waals surface area contributed by atoms with Gasteiger partial charge < -0.3 is 25.6 Å². The van der Waals surface area contributed by atoms with Crippen LogP contribution in [-0.4, -0.2) is 53.1 Å². The van der Waals surface area contributed by atoms with Gasteiger partial charge in [-0.2, -0.15) is 0 Å². The van der Waals surface area contributed by atoms with Crippen LogP contribution in [0.2, 0.25) is 0 Å². The van der Waals surface area contributed by atoms with Gasteiger partial charge in [-0.3, -0.25) is 0 Å². The molecule has 0 saturated heterocycles. The van der Waals surface area contributed by atoms with Crippen LogP contribution < -0.4 is 10.6 Å². The van der Waals surface area contributed by atoms with E-state index in [4.69, 9.17) is 9.84 Å². The van der Waals surface area contributed by atoms with Crippen molar-refractivity contribution in [1.82, 2.24) is 10.6 Å². The molecule has 0 aromatic heterocycles. The average Bonchev–Trinajstić information content (AvgIpc) is 2.22. The summed E-state index contributed by atoms with van der Waals surface area (Å²) in [5.74, 6) is -1.29. The van der Waals surface area contributed by atoms with Crippen LogP contribution in [0.4, 0.5) is 4.79 Å². The van der Waals surface area contributed by atoms with Crippen LogP contribution in [0, 0.1) is 0 Å². The monoisotopic (exact) mass is 262 g/mol. The fourth-order valence-corrected chi connectivity index (χ4v) is 1.32. The lowest BCUT2D eigenvalue weighted by atomic mass is 10.1. The van der Waals surface area contributed by atoms with E-state index in [0.717, 1.165) is 0 Å². The van der Waals surface area contributed by atoms with Crippen molar-refractivity contribution in [2.45, 2.75) is 45.4 Å². The summed E-state index contributed by atoms with van der Waals surface area (Å²) in [6, 6.07) is -1.99. The van der Waals surface area contributed by atoms with Gasteiger partial charge >= 0.3 is 12.0 Å². The van der Waals surface area contributed by atoms with E-state index in [2.05, 4.69) is 10.6 Å². The number of hydrogen-bond acceptors (Lipinski definition) is 4. The topological polar surface area (TPSA) is 108 Å². The molecule has 2 atom stereocenters. The summed E-state index contributed by atoms with van der Waals surface area (Å²) in [4.78, 5) is 22.2. The summed E-state index contributed by atoms with van der Waals surface area (Å²) in [6.07, 6.45) is -1.17. The van der Waals surface area contributed by atoms with Gasteiger partial charge in [0.15, 0.2) is 6.04 Å². The molecule has 0 unspecified atom stereocenters. The molecule has 18 heavy (non-hydrogen) atoms. The van der Waals surface area contributed by atoms with Gasteiger partial charge in [0.1, 0.15) is 0 Å². The van der Waals surface area contributed by atoms with E-state index in [-0.39, 0.29) is 6.54 Å². The molecular weight excluding hydrogens is 240 g/mol. The molecule has 0 aromatic rings. The van der Waals surface area contributed by atoms with E-state index in [1.807, 2.05) is 6.92 Å². The highest BCUT2D eigenvalue weighted by Gasteiger charge is 2.26. The molecule has 4 N–H and O–H groups in total. The molecule has 0 fully saturated rings. The Labute approximate surface area is 107 Å². The second-order valence-corrected chi connectivity index (χ2v) is 4.58. The van der Waals surface area contributed by atoms with Gasteiger partial charge in [0.2, 0.25) is 0 Å². The van der Waals surface area contributed by atoms with Crippen molar-refractivity contribution in [3.8, 4) is 0 Å². The van der Waals surface area contributed by atoms with Crippen molar-refractivity contribution in [3.05, 3.63) is 0 Å². The number of urea groups is 1. The summed E-state index contributed by atoms with van der Waals surface area (Å²) in [7, 11) is 0. The maximum Gasteiger partial charge on any atom is 0.328 e. The summed E-state index contributed by atoms with van der Waals surface area (Å²) in [5.41, 5.74) is -0.532. The summed E-state index contributed by atoms with van der Waals surface area (Å²) in [5, 5.41) is 22.6. The third-order valence-electron chi connectivity index (χ3n) is 2.24. The standard InChI is InChI=1S/C11H22N2O5/c1-5-18-11(3,4)6-12-10(17)13-8(7(2)14)9(15)16/h7-8,14H,5-6H2,1-4H3,(H,15,16)(H2,12,13,17)/t7-,8+/m1/s1. The van der Waals surface area contributed by atoms with Gasteiger partial charge in [-0.05, 0) is 27.7 Å². The molecule has 0 aliphatic rings. The number of hydrogen-bond donors (Lipinski definition) is 4. The third kappa shape index (κ3) is 6.41. The van der Waals surface area contributed by atoms with Crippen molar-refractivity contribution >= 4 is 12.0 Å². The lowest BCUT2D eigenvalue weighted by Crippen LogP contribution is -2.53. The molecule has 0 aromatic carbocycles. The molecular formula is C11H22N2O5. The zero-order valence-corrected chi connectivity index (χ0v) is 11.2. The average molecular weight is 262 g/mol. The molecule has 0 spiro atoms. The maximum atomic E-state index is 11.5. The largest absolute Gasteiger partial charge is 0.480 e. The highest BCUT2D eigenvalue weighted by molar-refractivity contribution is 5.82. The number of aliphatic hydroxyl groups excluding tert-OH is 1. The summed E-state index contributed by atoms with van der Waals surface area (Å²) < 4.78 is 5.37. The van der Waals surface area contributed by atoms with Crippen LogP contribution in [0.15, 0.2) is 0 Å². The van der Waals surface area contributed by atoms with Crippen LogP contribution >= 0.6 is 0 Å². The summed E-state index contributed by atoms with van der Waals surface area (Å²) >= 11 is 0. The zero-order chi connectivity index (χ0) is 14.3. The van der Waals surface area contributed by atoms with Crippen LogP contribution in [0.1, 0.15) is 27.7 Å². The second-order valence-electron chi connectivity index (χ2n) is 4.58. The van der Waals surface area contributed by atoms with Gasteiger partial charge in [-0.1, -0.05) is 0 Å². The number of carbonyl (C=O) groups is 2. The highest BCUT2D eigenvalue weighted by Crippen LogP contribution is 2.06. The van der Waals surface area contributed by atoms with Crippen molar-refractivity contribution in [3.63, 3.8) is 0 Å². The maximum absolute atomic E-state index is 11.5. The van der Waals surface area contributed by atoms with Gasteiger partial charge in [0.25, 0.3) is 0 Å². The van der Waals surface area contributed by atoms with E-state index in [0.29, 0.717) is 6.61 Å². The minimum absolute atomic E-state index is 0.235. The van der Waals surface area contributed by atoms with E-state index in [1.54, 1.807) is 13.8 Å². The first-order valence-electron chi connectivity index (χ1n) is 5.79. The molecule has 2 amide bonds. The van der Waals surface area contributed by atoms with Crippen molar-refractivity contribution in [1.29, 1.82) is 0 Å². The Kier molecular flexibility index (Phi) is 6.64. The number of ether oxygens (including phenoxy) is 1. The molecule has 0 bridgehead atoms. The number of carboxylic acids is 1. The number of carbonyl (C=O) groups excluding carboxylic acids is 1. The zero-order valence-electron chi connectivity index (χ0n) is 11.2. The normalized spacial score (nSPS) is 14.7. The molecule has 0 heterocycles. The quantitative estimate of drug-likeness (QED) is 0.514. The Hall–Kier alpha value is -1.34.